The van der Waals surface area contributed by atoms with Gasteiger partial charge in [0.2, 0.25) is 0 Å². The van der Waals surface area contributed by atoms with E-state index in [4.69, 9.17) is 0 Å². The normalized spacial score (nSPS) is 14.0. The van der Waals surface area contributed by atoms with Gasteiger partial charge in [-0.15, -0.1) is 0 Å². The topological polar surface area (TPSA) is 12.0 Å². The molecule has 0 radical (unpaired) electrons. The monoisotopic (exact) mass is 279 g/mol. The zero-order valence-corrected chi connectivity index (χ0v) is 13.0. The van der Waals surface area contributed by atoms with Gasteiger partial charge in [0.15, 0.2) is 0 Å². The van der Waals surface area contributed by atoms with E-state index >= 15 is 0 Å². The van der Waals surface area contributed by atoms with Gasteiger partial charge < -0.3 is 5.32 Å². The summed E-state index contributed by atoms with van der Waals surface area (Å²) >= 11 is 0. The second kappa shape index (κ2) is 6.91. The lowest BCUT2D eigenvalue weighted by Gasteiger charge is -2.16. The summed E-state index contributed by atoms with van der Waals surface area (Å²) in [5.41, 5.74) is 7.19. The van der Waals surface area contributed by atoms with Gasteiger partial charge in [0.25, 0.3) is 0 Å². The van der Waals surface area contributed by atoms with Gasteiger partial charge in [-0.3, -0.25) is 0 Å². The van der Waals surface area contributed by atoms with Crippen LogP contribution in [0.3, 0.4) is 0 Å². The Labute approximate surface area is 128 Å². The fourth-order valence-corrected chi connectivity index (χ4v) is 3.14. The van der Waals surface area contributed by atoms with Crippen molar-refractivity contribution in [3.63, 3.8) is 0 Å². The molecule has 0 saturated heterocycles. The molecule has 0 atom stereocenters. The summed E-state index contributed by atoms with van der Waals surface area (Å²) in [6, 6.07) is 16.0. The molecule has 1 N–H and O–H groups in total. The van der Waals surface area contributed by atoms with Gasteiger partial charge >= 0.3 is 0 Å². The molecule has 0 fully saturated rings. The Morgan fingerprint density at radius 1 is 0.857 bits per heavy atom. The largest absolute Gasteiger partial charge is 0.313 e. The van der Waals surface area contributed by atoms with Crippen LogP contribution in [0.5, 0.6) is 0 Å². The maximum Gasteiger partial charge on any atom is 0.0205 e. The summed E-state index contributed by atoms with van der Waals surface area (Å²) in [6.45, 7) is 4.26. The SMILES string of the molecule is CCCNCc1ccc(-c2ccc3c(c2)CCCC3)cc1. The summed E-state index contributed by atoms with van der Waals surface area (Å²) in [5, 5.41) is 3.45. The van der Waals surface area contributed by atoms with E-state index in [9.17, 15) is 0 Å². The van der Waals surface area contributed by atoms with E-state index in [0.717, 1.165) is 13.1 Å². The first-order valence-electron chi connectivity index (χ1n) is 8.28. The van der Waals surface area contributed by atoms with Gasteiger partial charge in [0, 0.05) is 6.54 Å². The number of aryl methyl sites for hydroxylation is 2. The molecule has 3 rings (SSSR count). The van der Waals surface area contributed by atoms with Crippen LogP contribution < -0.4 is 5.32 Å². The smallest absolute Gasteiger partial charge is 0.0205 e. The van der Waals surface area contributed by atoms with Gasteiger partial charge in [-0.1, -0.05) is 49.4 Å². The van der Waals surface area contributed by atoms with E-state index < -0.39 is 0 Å². The van der Waals surface area contributed by atoms with Gasteiger partial charge in [-0.25, -0.2) is 0 Å². The minimum atomic E-state index is 0.971. The molecule has 1 aliphatic rings. The van der Waals surface area contributed by atoms with E-state index in [1.54, 1.807) is 11.1 Å². The van der Waals surface area contributed by atoms with Crippen molar-refractivity contribution in [1.29, 1.82) is 0 Å². The van der Waals surface area contributed by atoms with Crippen molar-refractivity contribution in [2.24, 2.45) is 0 Å². The summed E-state index contributed by atoms with van der Waals surface area (Å²) in [5.74, 6) is 0. The Balaban J connectivity index is 1.74. The lowest BCUT2D eigenvalue weighted by Crippen LogP contribution is -2.13. The highest BCUT2D eigenvalue weighted by Gasteiger charge is 2.10. The first kappa shape index (κ1) is 14.3. The lowest BCUT2D eigenvalue weighted by atomic mass is 9.89. The molecule has 21 heavy (non-hydrogen) atoms. The molecular weight excluding hydrogens is 254 g/mol. The average Bonchev–Trinajstić information content (AvgIpc) is 2.55. The highest BCUT2D eigenvalue weighted by atomic mass is 14.8. The van der Waals surface area contributed by atoms with Crippen LogP contribution >= 0.6 is 0 Å². The van der Waals surface area contributed by atoms with Gasteiger partial charge in [-0.05, 0) is 66.5 Å². The predicted octanol–water partition coefficient (Wildman–Crippen LogP) is 4.73. The van der Waals surface area contributed by atoms with Crippen molar-refractivity contribution in [2.75, 3.05) is 6.54 Å². The van der Waals surface area contributed by atoms with Crippen LogP contribution in [-0.4, -0.2) is 6.54 Å². The third-order valence-electron chi connectivity index (χ3n) is 4.39. The zero-order valence-electron chi connectivity index (χ0n) is 13.0. The second-order valence-corrected chi connectivity index (χ2v) is 6.06. The molecule has 0 aliphatic heterocycles. The Bertz CT molecular complexity index is 583. The van der Waals surface area contributed by atoms with Gasteiger partial charge in [0.1, 0.15) is 0 Å². The number of hydrogen-bond donors (Lipinski definition) is 1. The third kappa shape index (κ3) is 3.54. The van der Waals surface area contributed by atoms with Crippen molar-refractivity contribution in [2.45, 2.75) is 45.6 Å². The molecule has 0 saturated carbocycles. The van der Waals surface area contributed by atoms with E-state index in [1.165, 1.54) is 48.8 Å². The molecule has 0 aromatic heterocycles. The van der Waals surface area contributed by atoms with Crippen LogP contribution in [-0.2, 0) is 19.4 Å². The molecule has 1 heteroatoms. The van der Waals surface area contributed by atoms with Crippen LogP contribution in [0.25, 0.3) is 11.1 Å². The van der Waals surface area contributed by atoms with E-state index in [-0.39, 0.29) is 0 Å². The number of benzene rings is 2. The van der Waals surface area contributed by atoms with Crippen molar-refractivity contribution < 1.29 is 0 Å². The fraction of sp³-hybridized carbons (Fsp3) is 0.400. The molecule has 1 nitrogen and oxygen atoms in total. The second-order valence-electron chi connectivity index (χ2n) is 6.06. The van der Waals surface area contributed by atoms with Crippen molar-refractivity contribution in [3.05, 3.63) is 59.2 Å². The predicted molar refractivity (Wildman–Crippen MR) is 90.5 cm³/mol. The van der Waals surface area contributed by atoms with E-state index in [1.807, 2.05) is 0 Å². The van der Waals surface area contributed by atoms with Crippen LogP contribution in [0.2, 0.25) is 0 Å². The van der Waals surface area contributed by atoms with Crippen LogP contribution in [0.15, 0.2) is 42.5 Å². The van der Waals surface area contributed by atoms with Crippen molar-refractivity contribution in [1.82, 2.24) is 5.32 Å². The summed E-state index contributed by atoms with van der Waals surface area (Å²) < 4.78 is 0. The van der Waals surface area contributed by atoms with E-state index in [2.05, 4.69) is 54.7 Å². The Morgan fingerprint density at radius 3 is 2.33 bits per heavy atom. The molecule has 0 amide bonds. The van der Waals surface area contributed by atoms with Crippen molar-refractivity contribution >= 4 is 0 Å². The molecule has 0 heterocycles. The minimum absolute atomic E-state index is 0.971. The first-order chi connectivity index (χ1) is 10.4. The highest BCUT2D eigenvalue weighted by molar-refractivity contribution is 5.65. The highest BCUT2D eigenvalue weighted by Crippen LogP contribution is 2.27. The maximum atomic E-state index is 3.45. The summed E-state index contributed by atoms with van der Waals surface area (Å²) in [7, 11) is 0. The number of hydrogen-bond acceptors (Lipinski definition) is 1. The standard InChI is InChI=1S/C20H25N/c1-2-13-21-15-16-7-9-18(10-8-16)20-12-11-17-5-3-4-6-19(17)14-20/h7-12,14,21H,2-6,13,15H2,1H3. The van der Waals surface area contributed by atoms with Gasteiger partial charge in [-0.2, -0.15) is 0 Å². The van der Waals surface area contributed by atoms with Crippen molar-refractivity contribution in [3.8, 4) is 11.1 Å². The van der Waals surface area contributed by atoms with Gasteiger partial charge in [0.05, 0.1) is 0 Å². The quantitative estimate of drug-likeness (QED) is 0.780. The molecular formula is C20H25N. The van der Waals surface area contributed by atoms with E-state index in [0.29, 0.717) is 0 Å². The molecule has 0 bridgehead atoms. The zero-order chi connectivity index (χ0) is 14.5. The Morgan fingerprint density at radius 2 is 1.57 bits per heavy atom. The van der Waals surface area contributed by atoms with Crippen LogP contribution in [0.1, 0.15) is 42.9 Å². The van der Waals surface area contributed by atoms with Crippen LogP contribution in [0.4, 0.5) is 0 Å². The number of fused-ring (bicyclic) bond motifs is 1. The third-order valence-corrected chi connectivity index (χ3v) is 4.39. The van der Waals surface area contributed by atoms with Crippen LogP contribution in [0, 0.1) is 0 Å². The Kier molecular flexibility index (Phi) is 4.72. The average molecular weight is 279 g/mol. The number of nitrogens with one attached hydrogen (secondary N) is 1. The number of rotatable bonds is 5. The molecule has 0 spiro atoms. The maximum absolute atomic E-state index is 3.45. The molecule has 2 aromatic carbocycles. The fourth-order valence-electron chi connectivity index (χ4n) is 3.14. The summed E-state index contributed by atoms with van der Waals surface area (Å²) in [6.07, 6.45) is 6.40. The Hall–Kier alpha value is -1.60. The molecule has 2 aromatic rings. The molecule has 0 unspecified atom stereocenters. The summed E-state index contributed by atoms with van der Waals surface area (Å²) in [4.78, 5) is 0. The lowest BCUT2D eigenvalue weighted by molar-refractivity contribution is 0.675. The minimum Gasteiger partial charge on any atom is -0.313 e. The molecule has 110 valence electrons. The first-order valence-corrected chi connectivity index (χ1v) is 8.28. The molecule has 1 aliphatic carbocycles.